The molecule has 0 radical (unpaired) electrons. The van der Waals surface area contributed by atoms with Crippen molar-refractivity contribution in [2.45, 2.75) is 38.1 Å². The van der Waals surface area contributed by atoms with Crippen molar-refractivity contribution in [3.63, 3.8) is 0 Å². The second-order valence-corrected chi connectivity index (χ2v) is 7.47. The van der Waals surface area contributed by atoms with Gasteiger partial charge in [0.1, 0.15) is 0 Å². The number of benzene rings is 2. The number of amides is 2. The third-order valence-corrected chi connectivity index (χ3v) is 5.00. The third-order valence-electron chi connectivity index (χ3n) is 5.00. The van der Waals surface area contributed by atoms with Gasteiger partial charge in [0.25, 0.3) is 0 Å². The maximum atomic E-state index is 12.8. The highest BCUT2D eigenvalue weighted by atomic mass is 16.2. The van der Waals surface area contributed by atoms with Crippen LogP contribution < -0.4 is 16.8 Å². The highest BCUT2D eigenvalue weighted by Gasteiger charge is 2.22. The Morgan fingerprint density at radius 1 is 0.900 bits per heavy atom. The lowest BCUT2D eigenvalue weighted by molar-refractivity contribution is -0.137. The van der Waals surface area contributed by atoms with E-state index in [9.17, 15) is 9.59 Å². The lowest BCUT2D eigenvalue weighted by Gasteiger charge is -2.25. The molecule has 0 saturated carbocycles. The molecule has 30 heavy (non-hydrogen) atoms. The Bertz CT molecular complexity index is 752. The van der Waals surface area contributed by atoms with Crippen LogP contribution in [0.2, 0.25) is 0 Å². The van der Waals surface area contributed by atoms with E-state index in [0.29, 0.717) is 38.9 Å². The second kappa shape index (κ2) is 13.5. The molecule has 0 spiro atoms. The van der Waals surface area contributed by atoms with Gasteiger partial charge in [-0.05, 0) is 49.8 Å². The van der Waals surface area contributed by atoms with Gasteiger partial charge in [0.2, 0.25) is 11.8 Å². The summed E-state index contributed by atoms with van der Waals surface area (Å²) in [7, 11) is 0. The summed E-state index contributed by atoms with van der Waals surface area (Å²) in [5, 5.41) is 2.92. The maximum absolute atomic E-state index is 12.8. The number of nitrogens with two attached hydrogens (primary N) is 2. The van der Waals surface area contributed by atoms with Crippen LogP contribution in [0.15, 0.2) is 60.7 Å². The van der Waals surface area contributed by atoms with Crippen molar-refractivity contribution in [1.29, 1.82) is 0 Å². The number of rotatable bonds is 13. The van der Waals surface area contributed by atoms with E-state index in [1.807, 2.05) is 48.5 Å². The average Bonchev–Trinajstić information content (AvgIpc) is 2.78. The molecule has 6 heteroatoms. The molecule has 6 nitrogen and oxygen atoms in total. The van der Waals surface area contributed by atoms with E-state index >= 15 is 0 Å². The summed E-state index contributed by atoms with van der Waals surface area (Å²) in [6.45, 7) is 1.55. The van der Waals surface area contributed by atoms with E-state index in [2.05, 4.69) is 17.4 Å². The van der Waals surface area contributed by atoms with Gasteiger partial charge in [0.15, 0.2) is 0 Å². The number of nitrogens with one attached hydrogen (secondary N) is 1. The van der Waals surface area contributed by atoms with Gasteiger partial charge in [0.05, 0.1) is 12.6 Å². The van der Waals surface area contributed by atoms with Crippen molar-refractivity contribution in [3.05, 3.63) is 71.8 Å². The smallest absolute Gasteiger partial charge is 0.239 e. The molecule has 0 saturated heterocycles. The molecule has 0 aromatic heterocycles. The van der Waals surface area contributed by atoms with Crippen molar-refractivity contribution < 1.29 is 9.59 Å². The lowest BCUT2D eigenvalue weighted by Crippen LogP contribution is -2.48. The molecule has 0 aliphatic carbocycles. The predicted octanol–water partition coefficient (Wildman–Crippen LogP) is 1.87. The fourth-order valence-electron chi connectivity index (χ4n) is 3.27. The Morgan fingerprint density at radius 2 is 1.50 bits per heavy atom. The molecule has 2 rings (SSSR count). The standard InChI is InChI=1S/C24H34N4O2/c25-16-7-14-22(26)24(30)28(18-15-21-11-5-2-6-12-21)19-23(29)27-17-8-13-20-9-3-1-4-10-20/h1-6,9-12,22H,7-8,13-19,25-26H2,(H,27,29)/t22-/m1/s1. The topological polar surface area (TPSA) is 101 Å². The van der Waals surface area contributed by atoms with Gasteiger partial charge in [-0.1, -0.05) is 60.7 Å². The van der Waals surface area contributed by atoms with Gasteiger partial charge in [-0.15, -0.1) is 0 Å². The summed E-state index contributed by atoms with van der Waals surface area (Å²) in [4.78, 5) is 26.8. The Morgan fingerprint density at radius 3 is 2.10 bits per heavy atom. The van der Waals surface area contributed by atoms with Crippen molar-refractivity contribution in [2.24, 2.45) is 11.5 Å². The zero-order valence-electron chi connectivity index (χ0n) is 17.6. The van der Waals surface area contributed by atoms with Gasteiger partial charge in [0, 0.05) is 13.1 Å². The first-order valence-corrected chi connectivity index (χ1v) is 10.7. The predicted molar refractivity (Wildman–Crippen MR) is 121 cm³/mol. The van der Waals surface area contributed by atoms with Crippen molar-refractivity contribution in [3.8, 4) is 0 Å². The molecular weight excluding hydrogens is 376 g/mol. The van der Waals surface area contributed by atoms with Crippen molar-refractivity contribution in [1.82, 2.24) is 10.2 Å². The number of hydrogen-bond acceptors (Lipinski definition) is 4. The maximum Gasteiger partial charge on any atom is 0.239 e. The molecule has 2 aromatic carbocycles. The highest BCUT2D eigenvalue weighted by molar-refractivity contribution is 5.87. The summed E-state index contributed by atoms with van der Waals surface area (Å²) in [6.07, 6.45) is 3.64. The monoisotopic (exact) mass is 410 g/mol. The molecule has 1 atom stereocenters. The molecule has 5 N–H and O–H groups in total. The molecule has 0 heterocycles. The largest absolute Gasteiger partial charge is 0.355 e. The number of carbonyl (C=O) groups is 2. The Hall–Kier alpha value is -2.70. The minimum absolute atomic E-state index is 0.0212. The quantitative estimate of drug-likeness (QED) is 0.439. The minimum atomic E-state index is -0.629. The summed E-state index contributed by atoms with van der Waals surface area (Å²) < 4.78 is 0. The van der Waals surface area contributed by atoms with Crippen LogP contribution in [0.5, 0.6) is 0 Å². The van der Waals surface area contributed by atoms with Crippen LogP contribution in [0.1, 0.15) is 30.4 Å². The minimum Gasteiger partial charge on any atom is -0.355 e. The van der Waals surface area contributed by atoms with Gasteiger partial charge < -0.3 is 21.7 Å². The third kappa shape index (κ3) is 8.76. The van der Waals surface area contributed by atoms with Crippen LogP contribution in [-0.2, 0) is 22.4 Å². The van der Waals surface area contributed by atoms with E-state index in [4.69, 9.17) is 11.5 Å². The first-order valence-electron chi connectivity index (χ1n) is 10.7. The van der Waals surface area contributed by atoms with Crippen LogP contribution in [0.4, 0.5) is 0 Å². The molecule has 162 valence electrons. The van der Waals surface area contributed by atoms with Crippen LogP contribution in [0.3, 0.4) is 0 Å². The number of hydrogen-bond donors (Lipinski definition) is 3. The SMILES string of the molecule is NCCC[C@@H](N)C(=O)N(CCc1ccccc1)CC(=O)NCCCc1ccccc1. The van der Waals surface area contributed by atoms with Gasteiger partial charge in [-0.2, -0.15) is 0 Å². The van der Waals surface area contributed by atoms with Gasteiger partial charge in [-0.3, -0.25) is 9.59 Å². The summed E-state index contributed by atoms with van der Waals surface area (Å²) in [5.74, 6) is -0.352. The van der Waals surface area contributed by atoms with Crippen molar-refractivity contribution in [2.75, 3.05) is 26.2 Å². The Labute approximate surface area is 179 Å². The van der Waals surface area contributed by atoms with E-state index in [1.165, 1.54) is 5.56 Å². The lowest BCUT2D eigenvalue weighted by atomic mass is 10.1. The molecule has 0 unspecified atom stereocenters. The number of nitrogens with zero attached hydrogens (tertiary/aromatic N) is 1. The zero-order valence-corrected chi connectivity index (χ0v) is 17.6. The van der Waals surface area contributed by atoms with Crippen LogP contribution >= 0.6 is 0 Å². The molecule has 0 fully saturated rings. The summed E-state index contributed by atoms with van der Waals surface area (Å²) in [5.41, 5.74) is 14.0. The number of aryl methyl sites for hydroxylation is 1. The Kier molecular flexibility index (Phi) is 10.6. The number of carbonyl (C=O) groups excluding carboxylic acids is 2. The van der Waals surface area contributed by atoms with E-state index < -0.39 is 6.04 Å². The molecule has 0 aliphatic heterocycles. The fraction of sp³-hybridized carbons (Fsp3) is 0.417. The van der Waals surface area contributed by atoms with E-state index in [-0.39, 0.29) is 18.4 Å². The Balaban J connectivity index is 1.85. The first-order chi connectivity index (χ1) is 14.6. The van der Waals surface area contributed by atoms with Crippen LogP contribution in [-0.4, -0.2) is 48.9 Å². The van der Waals surface area contributed by atoms with E-state index in [1.54, 1.807) is 4.90 Å². The summed E-state index contributed by atoms with van der Waals surface area (Å²) in [6, 6.07) is 19.5. The molecule has 0 aliphatic rings. The zero-order chi connectivity index (χ0) is 21.6. The molecule has 2 amide bonds. The van der Waals surface area contributed by atoms with Crippen LogP contribution in [0, 0.1) is 0 Å². The van der Waals surface area contributed by atoms with Gasteiger partial charge in [-0.25, -0.2) is 0 Å². The second-order valence-electron chi connectivity index (χ2n) is 7.47. The summed E-state index contributed by atoms with van der Waals surface area (Å²) >= 11 is 0. The van der Waals surface area contributed by atoms with Gasteiger partial charge >= 0.3 is 0 Å². The van der Waals surface area contributed by atoms with E-state index in [0.717, 1.165) is 18.4 Å². The normalized spacial score (nSPS) is 11.7. The highest BCUT2D eigenvalue weighted by Crippen LogP contribution is 2.06. The first kappa shape index (κ1) is 23.6. The fourth-order valence-corrected chi connectivity index (χ4v) is 3.27. The molecule has 2 aromatic rings. The average molecular weight is 411 g/mol. The van der Waals surface area contributed by atoms with Crippen molar-refractivity contribution >= 4 is 11.8 Å². The van der Waals surface area contributed by atoms with Crippen LogP contribution in [0.25, 0.3) is 0 Å². The molecular formula is C24H34N4O2. The molecule has 0 bridgehead atoms.